The lowest BCUT2D eigenvalue weighted by atomic mass is 10.1. The number of halogens is 1. The molecule has 5 nitrogen and oxygen atoms in total. The number of benzene rings is 3. The monoisotopic (exact) mass is 431 g/mol. The van der Waals surface area contributed by atoms with Crippen LogP contribution in [0.3, 0.4) is 0 Å². The molecular weight excluding hydrogens is 413 g/mol. The Hall–Kier alpha value is -3.84. The summed E-state index contributed by atoms with van der Waals surface area (Å²) in [5, 5.41) is 6.88. The summed E-state index contributed by atoms with van der Waals surface area (Å²) in [5.74, 6) is -1.17. The van der Waals surface area contributed by atoms with Crippen molar-refractivity contribution in [1.82, 2.24) is 4.98 Å². The molecule has 1 aromatic heterocycles. The Kier molecular flexibility index (Phi) is 5.86. The summed E-state index contributed by atoms with van der Waals surface area (Å²) in [6.07, 6.45) is 2.93. The van der Waals surface area contributed by atoms with E-state index < -0.39 is 5.82 Å². The molecule has 0 spiro atoms. The lowest BCUT2D eigenvalue weighted by Crippen LogP contribution is -2.23. The van der Waals surface area contributed by atoms with E-state index in [1.807, 2.05) is 42.5 Å². The first-order valence-electron chi connectivity index (χ1n) is 9.50. The van der Waals surface area contributed by atoms with E-state index in [2.05, 4.69) is 10.3 Å². The number of para-hydroxylation sites is 1. The van der Waals surface area contributed by atoms with Crippen LogP contribution in [-0.4, -0.2) is 16.8 Å². The van der Waals surface area contributed by atoms with E-state index in [1.165, 1.54) is 41.4 Å². The number of fused-ring (bicyclic) bond motifs is 1. The van der Waals surface area contributed by atoms with Crippen molar-refractivity contribution in [2.24, 2.45) is 0 Å². The van der Waals surface area contributed by atoms with Gasteiger partial charge in [-0.1, -0.05) is 48.5 Å². The van der Waals surface area contributed by atoms with Gasteiger partial charge in [-0.05, 0) is 29.7 Å². The highest BCUT2D eigenvalue weighted by Crippen LogP contribution is 2.31. The summed E-state index contributed by atoms with van der Waals surface area (Å²) < 4.78 is 14.2. The number of carbonyl (C=O) groups excluding carboxylic acids is 2. The maximum absolute atomic E-state index is 14.2. The van der Waals surface area contributed by atoms with Crippen molar-refractivity contribution in [2.75, 3.05) is 10.2 Å². The van der Waals surface area contributed by atoms with E-state index >= 15 is 0 Å². The Morgan fingerprint density at radius 2 is 1.77 bits per heavy atom. The third-order valence-electron chi connectivity index (χ3n) is 4.56. The number of hydrogen-bond acceptors (Lipinski definition) is 4. The predicted molar refractivity (Wildman–Crippen MR) is 123 cm³/mol. The molecule has 0 atom stereocenters. The number of thiazole rings is 1. The fraction of sp³-hybridized carbons (Fsp3) is 0.0417. The van der Waals surface area contributed by atoms with Gasteiger partial charge in [0, 0.05) is 29.5 Å². The maximum Gasteiger partial charge on any atom is 0.248 e. The second-order valence-corrected chi connectivity index (χ2v) is 7.55. The minimum absolute atomic E-state index is 0.133. The molecule has 1 heterocycles. The molecule has 0 saturated heterocycles. The zero-order valence-electron chi connectivity index (χ0n) is 16.6. The second-order valence-electron chi connectivity index (χ2n) is 6.71. The van der Waals surface area contributed by atoms with E-state index in [4.69, 9.17) is 0 Å². The van der Waals surface area contributed by atoms with Gasteiger partial charge in [0.2, 0.25) is 11.8 Å². The Labute approximate surface area is 182 Å². The van der Waals surface area contributed by atoms with Crippen molar-refractivity contribution in [3.63, 3.8) is 0 Å². The molecule has 0 bridgehead atoms. The maximum atomic E-state index is 14.2. The van der Waals surface area contributed by atoms with Gasteiger partial charge in [0.05, 0.1) is 11.4 Å². The third kappa shape index (κ3) is 4.51. The van der Waals surface area contributed by atoms with Crippen LogP contribution in [0.2, 0.25) is 0 Å². The molecule has 1 N–H and O–H groups in total. The molecule has 4 aromatic rings. The molecule has 7 heteroatoms. The molecule has 0 aliphatic rings. The Morgan fingerprint density at radius 1 is 1.03 bits per heavy atom. The van der Waals surface area contributed by atoms with Crippen molar-refractivity contribution >= 4 is 56.5 Å². The molecular formula is C24H18FN3O2S. The smallest absolute Gasteiger partial charge is 0.248 e. The van der Waals surface area contributed by atoms with Gasteiger partial charge in [-0.2, -0.15) is 0 Å². The number of amides is 2. The average Bonchev–Trinajstić information content (AvgIpc) is 3.22. The average molecular weight is 431 g/mol. The number of nitrogens with zero attached hydrogens (tertiary/aromatic N) is 2. The molecule has 0 aliphatic heterocycles. The summed E-state index contributed by atoms with van der Waals surface area (Å²) >= 11 is 1.19. The fourth-order valence-electron chi connectivity index (χ4n) is 3.17. The van der Waals surface area contributed by atoms with Crippen LogP contribution in [0.25, 0.3) is 16.8 Å². The van der Waals surface area contributed by atoms with Crippen molar-refractivity contribution < 1.29 is 14.0 Å². The molecule has 0 saturated carbocycles. The Morgan fingerprint density at radius 3 is 2.58 bits per heavy atom. The number of aromatic nitrogens is 1. The van der Waals surface area contributed by atoms with Gasteiger partial charge in [0.15, 0.2) is 5.13 Å². The SMILES string of the molecule is CC(=O)N(c1nc(/C=C/C(=O)Nc2cccc3ccccc23)cs1)c1ccccc1F. The van der Waals surface area contributed by atoms with Crippen molar-refractivity contribution in [3.05, 3.63) is 89.7 Å². The van der Waals surface area contributed by atoms with Gasteiger partial charge in [-0.15, -0.1) is 11.3 Å². The van der Waals surface area contributed by atoms with E-state index in [0.29, 0.717) is 16.5 Å². The minimum atomic E-state index is -0.514. The quantitative estimate of drug-likeness (QED) is 0.408. The molecule has 0 radical (unpaired) electrons. The van der Waals surface area contributed by atoms with Crippen LogP contribution in [0.5, 0.6) is 0 Å². The second kappa shape index (κ2) is 8.89. The van der Waals surface area contributed by atoms with E-state index in [1.54, 1.807) is 23.6 Å². The van der Waals surface area contributed by atoms with Crippen LogP contribution in [0.15, 0.2) is 78.2 Å². The zero-order valence-corrected chi connectivity index (χ0v) is 17.4. The fourth-order valence-corrected chi connectivity index (χ4v) is 4.01. The third-order valence-corrected chi connectivity index (χ3v) is 5.41. The van der Waals surface area contributed by atoms with Gasteiger partial charge in [-0.3, -0.25) is 14.5 Å². The highest BCUT2D eigenvalue weighted by molar-refractivity contribution is 7.14. The van der Waals surface area contributed by atoms with Crippen LogP contribution < -0.4 is 10.2 Å². The van der Waals surface area contributed by atoms with E-state index in [9.17, 15) is 14.0 Å². The van der Waals surface area contributed by atoms with E-state index in [0.717, 1.165) is 10.8 Å². The normalized spacial score (nSPS) is 11.0. The molecule has 0 aliphatic carbocycles. The number of anilines is 3. The molecule has 0 fully saturated rings. The standard InChI is InChI=1S/C24H18FN3O2S/c1-16(29)28(22-12-5-4-10-20(22)25)24-26-18(15-31-24)13-14-23(30)27-21-11-6-8-17-7-2-3-9-19(17)21/h2-15H,1H3,(H,27,30)/b14-13+. The summed E-state index contributed by atoms with van der Waals surface area (Å²) in [6.45, 7) is 1.35. The predicted octanol–water partition coefficient (Wildman–Crippen LogP) is 5.77. The number of carbonyl (C=O) groups is 2. The largest absolute Gasteiger partial charge is 0.322 e. The molecule has 2 amide bonds. The summed E-state index contributed by atoms with van der Waals surface area (Å²) in [6, 6.07) is 19.5. The Bertz CT molecular complexity index is 1290. The van der Waals surface area contributed by atoms with Crippen molar-refractivity contribution in [2.45, 2.75) is 6.92 Å². The first-order chi connectivity index (χ1) is 15.0. The number of rotatable bonds is 5. The molecule has 3 aromatic carbocycles. The van der Waals surface area contributed by atoms with Crippen LogP contribution in [-0.2, 0) is 9.59 Å². The van der Waals surface area contributed by atoms with Crippen LogP contribution in [0.1, 0.15) is 12.6 Å². The summed E-state index contributed by atoms with van der Waals surface area (Å²) in [7, 11) is 0. The zero-order chi connectivity index (χ0) is 21.8. The van der Waals surface area contributed by atoms with Gasteiger partial charge in [-0.25, -0.2) is 9.37 Å². The highest BCUT2D eigenvalue weighted by Gasteiger charge is 2.20. The lowest BCUT2D eigenvalue weighted by molar-refractivity contribution is -0.116. The Balaban J connectivity index is 1.52. The van der Waals surface area contributed by atoms with Gasteiger partial charge in [0.25, 0.3) is 0 Å². The topological polar surface area (TPSA) is 62.3 Å². The summed E-state index contributed by atoms with van der Waals surface area (Å²) in [4.78, 5) is 30.1. The molecule has 154 valence electrons. The van der Waals surface area contributed by atoms with Crippen LogP contribution >= 0.6 is 11.3 Å². The van der Waals surface area contributed by atoms with Crippen molar-refractivity contribution in [1.29, 1.82) is 0 Å². The summed E-state index contributed by atoms with van der Waals surface area (Å²) in [5.41, 5.74) is 1.35. The minimum Gasteiger partial charge on any atom is -0.322 e. The molecule has 4 rings (SSSR count). The van der Waals surface area contributed by atoms with Crippen LogP contribution in [0, 0.1) is 5.82 Å². The van der Waals surface area contributed by atoms with Crippen molar-refractivity contribution in [3.8, 4) is 0 Å². The first-order valence-corrected chi connectivity index (χ1v) is 10.4. The molecule has 31 heavy (non-hydrogen) atoms. The van der Waals surface area contributed by atoms with Crippen LogP contribution in [0.4, 0.5) is 20.9 Å². The van der Waals surface area contributed by atoms with Gasteiger partial charge in [0.1, 0.15) is 5.82 Å². The first kappa shape index (κ1) is 20.4. The number of nitrogens with one attached hydrogen (secondary N) is 1. The highest BCUT2D eigenvalue weighted by atomic mass is 32.1. The lowest BCUT2D eigenvalue weighted by Gasteiger charge is -2.18. The molecule has 0 unspecified atom stereocenters. The van der Waals surface area contributed by atoms with Gasteiger partial charge >= 0.3 is 0 Å². The number of hydrogen-bond donors (Lipinski definition) is 1. The van der Waals surface area contributed by atoms with Gasteiger partial charge < -0.3 is 5.32 Å². The van der Waals surface area contributed by atoms with E-state index in [-0.39, 0.29) is 17.5 Å².